The molecule has 1 aromatic rings. The lowest BCUT2D eigenvalue weighted by atomic mass is 10.4. The molecule has 1 rings (SSSR count). The van der Waals surface area contributed by atoms with E-state index in [0.29, 0.717) is 0 Å². The minimum Gasteiger partial charge on any atom is -0.480 e. The maximum absolute atomic E-state index is 11.8. The van der Waals surface area contributed by atoms with Gasteiger partial charge in [0.05, 0.1) is 4.90 Å². The number of carboxylic acid groups (broad SMARTS) is 1. The van der Waals surface area contributed by atoms with Crippen LogP contribution in [-0.2, 0) is 19.6 Å². The second-order valence-electron chi connectivity index (χ2n) is 4.10. The second-order valence-corrected chi connectivity index (χ2v) is 5.87. The van der Waals surface area contributed by atoms with Crippen LogP contribution in [0.25, 0.3) is 0 Å². The average Bonchev–Trinajstić information content (AvgIpc) is 2.38. The first-order chi connectivity index (χ1) is 9.33. The summed E-state index contributed by atoms with van der Waals surface area (Å²) < 4.78 is 26.0. The molecule has 0 saturated carbocycles. The third kappa shape index (κ3) is 4.98. The molecule has 0 saturated heterocycles. The van der Waals surface area contributed by atoms with Crippen molar-refractivity contribution in [2.75, 3.05) is 20.1 Å². The molecule has 0 spiro atoms. The molecular weight excluding hydrogens is 284 g/mol. The molecule has 1 amide bonds. The van der Waals surface area contributed by atoms with E-state index >= 15 is 0 Å². The molecule has 110 valence electrons. The number of nitrogens with one attached hydrogen (secondary N) is 1. The normalized spacial score (nSPS) is 11.1. The van der Waals surface area contributed by atoms with Gasteiger partial charge in [-0.15, -0.1) is 0 Å². The molecule has 0 aromatic heterocycles. The standard InChI is InChI=1S/C12H16N2O5S/c1-14(9-12(16)17)11(15)7-8-13-20(18,19)10-5-3-2-4-6-10/h2-6,13H,7-9H2,1H3,(H,16,17). The molecule has 0 aliphatic heterocycles. The van der Waals surface area contributed by atoms with E-state index in [-0.39, 0.29) is 17.9 Å². The molecule has 0 radical (unpaired) electrons. The van der Waals surface area contributed by atoms with Crippen molar-refractivity contribution in [3.63, 3.8) is 0 Å². The van der Waals surface area contributed by atoms with E-state index in [1.54, 1.807) is 18.2 Å². The van der Waals surface area contributed by atoms with Crippen molar-refractivity contribution in [3.05, 3.63) is 30.3 Å². The van der Waals surface area contributed by atoms with Crippen LogP contribution in [-0.4, -0.2) is 50.4 Å². The number of carboxylic acids is 1. The molecule has 0 bridgehead atoms. The number of rotatable bonds is 7. The summed E-state index contributed by atoms with van der Waals surface area (Å²) in [6.07, 6.45) is -0.101. The Morgan fingerprint density at radius 3 is 2.40 bits per heavy atom. The predicted octanol–water partition coefficient (Wildman–Crippen LogP) is -0.102. The van der Waals surface area contributed by atoms with Crippen LogP contribution < -0.4 is 4.72 Å². The van der Waals surface area contributed by atoms with Crippen molar-refractivity contribution in [1.82, 2.24) is 9.62 Å². The highest BCUT2D eigenvalue weighted by Crippen LogP contribution is 2.06. The smallest absolute Gasteiger partial charge is 0.323 e. The summed E-state index contributed by atoms with van der Waals surface area (Å²) in [4.78, 5) is 23.1. The summed E-state index contributed by atoms with van der Waals surface area (Å²) in [5, 5.41) is 8.53. The highest BCUT2D eigenvalue weighted by Gasteiger charge is 2.15. The van der Waals surface area contributed by atoms with Gasteiger partial charge in [-0.25, -0.2) is 13.1 Å². The lowest BCUT2D eigenvalue weighted by Gasteiger charge is -2.14. The first-order valence-electron chi connectivity index (χ1n) is 5.83. The number of hydrogen-bond acceptors (Lipinski definition) is 4. The summed E-state index contributed by atoms with van der Waals surface area (Å²) in [5.74, 6) is -1.56. The monoisotopic (exact) mass is 300 g/mol. The molecule has 0 aliphatic carbocycles. The zero-order valence-corrected chi connectivity index (χ0v) is 11.8. The molecule has 0 atom stereocenters. The number of amides is 1. The molecule has 0 aliphatic rings. The minimum absolute atomic E-state index is 0.0833. The van der Waals surface area contributed by atoms with E-state index in [0.717, 1.165) is 4.90 Å². The van der Waals surface area contributed by atoms with E-state index < -0.39 is 28.4 Å². The summed E-state index contributed by atoms with van der Waals surface area (Å²) in [5.41, 5.74) is 0. The summed E-state index contributed by atoms with van der Waals surface area (Å²) >= 11 is 0. The van der Waals surface area contributed by atoms with Gasteiger partial charge in [0, 0.05) is 20.0 Å². The van der Waals surface area contributed by atoms with E-state index in [4.69, 9.17) is 5.11 Å². The van der Waals surface area contributed by atoms with Gasteiger partial charge in [-0.05, 0) is 12.1 Å². The van der Waals surface area contributed by atoms with Crippen molar-refractivity contribution in [2.24, 2.45) is 0 Å². The van der Waals surface area contributed by atoms with Crippen LogP contribution in [0.2, 0.25) is 0 Å². The average molecular weight is 300 g/mol. The van der Waals surface area contributed by atoms with E-state index in [2.05, 4.69) is 4.72 Å². The first-order valence-corrected chi connectivity index (χ1v) is 7.31. The van der Waals surface area contributed by atoms with Crippen molar-refractivity contribution in [1.29, 1.82) is 0 Å². The molecule has 1 aromatic carbocycles. The van der Waals surface area contributed by atoms with Crippen LogP contribution in [0, 0.1) is 0 Å². The van der Waals surface area contributed by atoms with Gasteiger partial charge in [-0.3, -0.25) is 9.59 Å². The zero-order chi connectivity index (χ0) is 15.2. The van der Waals surface area contributed by atoms with Crippen LogP contribution in [0.4, 0.5) is 0 Å². The van der Waals surface area contributed by atoms with Gasteiger partial charge in [0.2, 0.25) is 15.9 Å². The van der Waals surface area contributed by atoms with E-state index in [9.17, 15) is 18.0 Å². The molecule has 8 heteroatoms. The van der Waals surface area contributed by atoms with Gasteiger partial charge < -0.3 is 10.0 Å². The Labute approximate surface area is 117 Å². The lowest BCUT2D eigenvalue weighted by Crippen LogP contribution is -2.35. The fraction of sp³-hybridized carbons (Fsp3) is 0.333. The molecule has 20 heavy (non-hydrogen) atoms. The van der Waals surface area contributed by atoms with Crippen LogP contribution in [0.15, 0.2) is 35.2 Å². The fourth-order valence-corrected chi connectivity index (χ4v) is 2.51. The van der Waals surface area contributed by atoms with Crippen molar-refractivity contribution >= 4 is 21.9 Å². The number of nitrogens with zero attached hydrogens (tertiary/aromatic N) is 1. The van der Waals surface area contributed by atoms with Gasteiger partial charge in [-0.1, -0.05) is 18.2 Å². The fourth-order valence-electron chi connectivity index (χ4n) is 1.46. The summed E-state index contributed by atoms with van der Waals surface area (Å²) in [6.45, 7) is -0.496. The van der Waals surface area contributed by atoms with Crippen molar-refractivity contribution < 1.29 is 23.1 Å². The van der Waals surface area contributed by atoms with Gasteiger partial charge in [0.15, 0.2) is 0 Å². The Hall–Kier alpha value is -1.93. The van der Waals surface area contributed by atoms with Crippen molar-refractivity contribution in [3.8, 4) is 0 Å². The first kappa shape index (κ1) is 16.1. The highest BCUT2D eigenvalue weighted by atomic mass is 32.2. The lowest BCUT2D eigenvalue weighted by molar-refractivity contribution is -0.143. The third-order valence-corrected chi connectivity index (χ3v) is 3.96. The number of aliphatic carboxylic acids is 1. The van der Waals surface area contributed by atoms with E-state index in [1.807, 2.05) is 0 Å². The number of benzene rings is 1. The largest absolute Gasteiger partial charge is 0.480 e. The van der Waals surface area contributed by atoms with Crippen LogP contribution >= 0.6 is 0 Å². The molecule has 0 heterocycles. The number of carbonyl (C=O) groups excluding carboxylic acids is 1. The Kier molecular flexibility index (Phi) is 5.66. The highest BCUT2D eigenvalue weighted by molar-refractivity contribution is 7.89. The van der Waals surface area contributed by atoms with Gasteiger partial charge >= 0.3 is 5.97 Å². The summed E-state index contributed by atoms with van der Waals surface area (Å²) in [7, 11) is -2.29. The molecule has 7 nitrogen and oxygen atoms in total. The number of likely N-dealkylation sites (N-methyl/N-ethyl adjacent to an activating group) is 1. The predicted molar refractivity (Wildman–Crippen MR) is 71.5 cm³/mol. The van der Waals surface area contributed by atoms with Crippen molar-refractivity contribution in [2.45, 2.75) is 11.3 Å². The van der Waals surface area contributed by atoms with Gasteiger partial charge in [0.25, 0.3) is 0 Å². The quantitative estimate of drug-likeness (QED) is 0.731. The number of hydrogen-bond donors (Lipinski definition) is 2. The van der Waals surface area contributed by atoms with Crippen LogP contribution in [0.3, 0.4) is 0 Å². The maximum atomic E-state index is 11.8. The molecule has 2 N–H and O–H groups in total. The molecule has 0 unspecified atom stereocenters. The maximum Gasteiger partial charge on any atom is 0.323 e. The topological polar surface area (TPSA) is 104 Å². The number of sulfonamides is 1. The molecular formula is C12H16N2O5S. The van der Waals surface area contributed by atoms with E-state index in [1.165, 1.54) is 19.2 Å². The Morgan fingerprint density at radius 2 is 1.85 bits per heavy atom. The molecule has 0 fully saturated rings. The Balaban J connectivity index is 2.48. The Bertz CT molecular complexity index is 571. The van der Waals surface area contributed by atoms with Gasteiger partial charge in [0.1, 0.15) is 6.54 Å². The summed E-state index contributed by atoms with van der Waals surface area (Å²) in [6, 6.07) is 7.78. The van der Waals surface area contributed by atoms with Gasteiger partial charge in [-0.2, -0.15) is 0 Å². The minimum atomic E-state index is -3.64. The number of carbonyl (C=O) groups is 2. The van der Waals surface area contributed by atoms with Crippen LogP contribution in [0.5, 0.6) is 0 Å². The Morgan fingerprint density at radius 1 is 1.25 bits per heavy atom. The third-order valence-electron chi connectivity index (χ3n) is 2.48. The zero-order valence-electron chi connectivity index (χ0n) is 10.9. The SMILES string of the molecule is CN(CC(=O)O)C(=O)CCNS(=O)(=O)c1ccccc1. The second kappa shape index (κ2) is 7.01. The van der Waals surface area contributed by atoms with Crippen LogP contribution in [0.1, 0.15) is 6.42 Å².